The molecule has 10 heteroatoms. The van der Waals surface area contributed by atoms with Crippen LogP contribution in [0.25, 0.3) is 10.2 Å². The fourth-order valence-corrected chi connectivity index (χ4v) is 3.99. The first-order valence-electron chi connectivity index (χ1n) is 9.61. The molecule has 0 radical (unpaired) electrons. The van der Waals surface area contributed by atoms with E-state index in [-0.39, 0.29) is 24.6 Å². The molecule has 3 rings (SSSR count). The van der Waals surface area contributed by atoms with Gasteiger partial charge < -0.3 is 15.0 Å². The fourth-order valence-electron chi connectivity index (χ4n) is 2.97. The van der Waals surface area contributed by atoms with E-state index in [0.717, 1.165) is 15.2 Å². The molecule has 0 saturated heterocycles. The summed E-state index contributed by atoms with van der Waals surface area (Å²) >= 11 is 1.51. The van der Waals surface area contributed by atoms with E-state index >= 15 is 0 Å². The van der Waals surface area contributed by atoms with E-state index in [0.29, 0.717) is 12.2 Å². The van der Waals surface area contributed by atoms with Crippen LogP contribution in [0.3, 0.4) is 0 Å². The van der Waals surface area contributed by atoms with Gasteiger partial charge in [0.1, 0.15) is 10.7 Å². The van der Waals surface area contributed by atoms with Gasteiger partial charge in [0, 0.05) is 19.7 Å². The van der Waals surface area contributed by atoms with Gasteiger partial charge in [-0.1, -0.05) is 24.3 Å². The zero-order chi connectivity index (χ0) is 22.4. The van der Waals surface area contributed by atoms with Gasteiger partial charge in [0.05, 0.1) is 28.1 Å². The Morgan fingerprint density at radius 2 is 1.94 bits per heavy atom. The minimum Gasteiger partial charge on any atom is -0.452 e. The lowest BCUT2D eigenvalue weighted by atomic mass is 10.2. The molecular weight excluding hydrogens is 420 g/mol. The van der Waals surface area contributed by atoms with E-state index in [1.54, 1.807) is 25.2 Å². The van der Waals surface area contributed by atoms with Crippen LogP contribution in [0.4, 0.5) is 11.4 Å². The molecule has 0 spiro atoms. The zero-order valence-corrected chi connectivity index (χ0v) is 17.9. The molecule has 31 heavy (non-hydrogen) atoms. The third kappa shape index (κ3) is 5.76. The number of nitro groups is 1. The second-order valence-electron chi connectivity index (χ2n) is 6.85. The van der Waals surface area contributed by atoms with Crippen LogP contribution < -0.4 is 5.32 Å². The Kier molecular flexibility index (Phi) is 7.14. The van der Waals surface area contributed by atoms with Crippen LogP contribution in [0.5, 0.6) is 0 Å². The summed E-state index contributed by atoms with van der Waals surface area (Å²) in [6.45, 7) is 1.98. The number of carbonyl (C=O) groups is 2. The average molecular weight is 442 g/mol. The highest BCUT2D eigenvalue weighted by Gasteiger charge is 2.22. The lowest BCUT2D eigenvalue weighted by Gasteiger charge is -2.20. The monoisotopic (exact) mass is 442 g/mol. The number of ether oxygens (including phenoxy) is 1. The molecular formula is C21H22N4O5S. The number of thiazole rings is 1. The van der Waals surface area contributed by atoms with Gasteiger partial charge >= 0.3 is 5.97 Å². The second kappa shape index (κ2) is 9.98. The molecule has 162 valence electrons. The Balaban J connectivity index is 1.47. The summed E-state index contributed by atoms with van der Waals surface area (Å²) in [6.07, 6.45) is -0.983. The largest absolute Gasteiger partial charge is 0.452 e. The molecule has 9 nitrogen and oxygen atoms in total. The molecule has 1 N–H and O–H groups in total. The van der Waals surface area contributed by atoms with Crippen LogP contribution in [-0.4, -0.2) is 46.4 Å². The van der Waals surface area contributed by atoms with Crippen LogP contribution in [0.15, 0.2) is 48.5 Å². The van der Waals surface area contributed by atoms with Crippen LogP contribution in [0.1, 0.15) is 18.4 Å². The molecule has 1 unspecified atom stereocenters. The molecule has 1 aromatic heterocycles. The van der Waals surface area contributed by atoms with Crippen molar-refractivity contribution in [1.29, 1.82) is 0 Å². The fraction of sp³-hybridized carbons (Fsp3) is 0.286. The highest BCUT2D eigenvalue weighted by atomic mass is 32.1. The van der Waals surface area contributed by atoms with Gasteiger partial charge in [0.2, 0.25) is 0 Å². The third-order valence-corrected chi connectivity index (χ3v) is 5.51. The van der Waals surface area contributed by atoms with Crippen molar-refractivity contribution in [3.8, 4) is 0 Å². The van der Waals surface area contributed by atoms with Crippen LogP contribution in [-0.2, 0) is 20.9 Å². The smallest absolute Gasteiger partial charge is 0.308 e. The first-order chi connectivity index (χ1) is 14.8. The second-order valence-corrected chi connectivity index (χ2v) is 7.97. The Morgan fingerprint density at radius 3 is 2.68 bits per heavy atom. The summed E-state index contributed by atoms with van der Waals surface area (Å²) in [7, 11) is 1.63. The summed E-state index contributed by atoms with van der Waals surface area (Å²) in [5.41, 5.74) is 1.13. The van der Waals surface area contributed by atoms with Crippen molar-refractivity contribution in [3.63, 3.8) is 0 Å². The Morgan fingerprint density at radius 1 is 1.23 bits per heavy atom. The SMILES string of the molecule is CC(OC(=O)CCNc1ccccc1[N+](=O)[O-])C(=O)N(C)Cc1nc2ccccc2s1. The van der Waals surface area contributed by atoms with E-state index < -0.39 is 17.0 Å². The maximum absolute atomic E-state index is 12.5. The van der Waals surface area contributed by atoms with Gasteiger partial charge in [0.25, 0.3) is 11.6 Å². The van der Waals surface area contributed by atoms with Crippen molar-refractivity contribution < 1.29 is 19.2 Å². The minimum absolute atomic E-state index is 0.0365. The van der Waals surface area contributed by atoms with E-state index in [9.17, 15) is 19.7 Å². The van der Waals surface area contributed by atoms with Crippen LogP contribution >= 0.6 is 11.3 Å². The maximum atomic E-state index is 12.5. The predicted molar refractivity (Wildman–Crippen MR) is 118 cm³/mol. The quantitative estimate of drug-likeness (QED) is 0.306. The molecule has 1 atom stereocenters. The average Bonchev–Trinajstić information content (AvgIpc) is 3.15. The van der Waals surface area contributed by atoms with Crippen LogP contribution in [0, 0.1) is 10.1 Å². The lowest BCUT2D eigenvalue weighted by Crippen LogP contribution is -2.37. The number of nitrogens with zero attached hydrogens (tertiary/aromatic N) is 3. The molecule has 0 aliphatic heterocycles. The van der Waals surface area contributed by atoms with E-state index in [4.69, 9.17) is 4.74 Å². The van der Waals surface area contributed by atoms with Gasteiger partial charge in [-0.2, -0.15) is 0 Å². The molecule has 0 bridgehead atoms. The number of para-hydroxylation sites is 3. The number of likely N-dealkylation sites (N-methyl/N-ethyl adjacent to an activating group) is 1. The maximum Gasteiger partial charge on any atom is 0.308 e. The molecule has 0 aliphatic rings. The van der Waals surface area contributed by atoms with E-state index in [2.05, 4.69) is 10.3 Å². The molecule has 1 amide bonds. The van der Waals surface area contributed by atoms with Gasteiger partial charge in [-0.25, -0.2) is 4.98 Å². The number of nitro benzene ring substituents is 1. The Labute approximate surface area is 182 Å². The number of anilines is 1. The molecule has 0 fully saturated rings. The van der Waals surface area contributed by atoms with Gasteiger partial charge in [-0.3, -0.25) is 19.7 Å². The number of hydrogen-bond donors (Lipinski definition) is 1. The van der Waals surface area contributed by atoms with Crippen molar-refractivity contribution in [2.45, 2.75) is 26.0 Å². The summed E-state index contributed by atoms with van der Waals surface area (Å²) in [6, 6.07) is 13.9. The lowest BCUT2D eigenvalue weighted by molar-refractivity contribution is -0.384. The Bertz CT molecular complexity index is 1070. The van der Waals surface area contributed by atoms with Crippen molar-refractivity contribution in [3.05, 3.63) is 63.7 Å². The van der Waals surface area contributed by atoms with Crippen molar-refractivity contribution in [1.82, 2.24) is 9.88 Å². The highest BCUT2D eigenvalue weighted by molar-refractivity contribution is 7.18. The number of carbonyl (C=O) groups excluding carboxylic acids is 2. The van der Waals surface area contributed by atoms with Gasteiger partial charge in [-0.15, -0.1) is 11.3 Å². The summed E-state index contributed by atoms with van der Waals surface area (Å²) in [4.78, 5) is 41.1. The Hall–Kier alpha value is -3.53. The van der Waals surface area contributed by atoms with Crippen molar-refractivity contribution in [2.24, 2.45) is 0 Å². The first-order valence-corrected chi connectivity index (χ1v) is 10.4. The summed E-state index contributed by atoms with van der Waals surface area (Å²) < 4.78 is 6.27. The van der Waals surface area contributed by atoms with E-state index in [1.807, 2.05) is 24.3 Å². The van der Waals surface area contributed by atoms with Crippen molar-refractivity contribution in [2.75, 3.05) is 18.9 Å². The highest BCUT2D eigenvalue weighted by Crippen LogP contribution is 2.23. The number of rotatable bonds is 9. The van der Waals surface area contributed by atoms with Crippen LogP contribution in [0.2, 0.25) is 0 Å². The third-order valence-electron chi connectivity index (χ3n) is 4.49. The number of aromatic nitrogens is 1. The van der Waals surface area contributed by atoms with Gasteiger partial charge in [0.15, 0.2) is 6.10 Å². The number of esters is 1. The molecule has 2 aromatic carbocycles. The number of nitrogens with one attached hydrogen (secondary N) is 1. The number of benzene rings is 2. The predicted octanol–water partition coefficient (Wildman–Crippen LogP) is 3.60. The normalized spacial score (nSPS) is 11.7. The summed E-state index contributed by atoms with van der Waals surface area (Å²) in [5, 5.41) is 14.7. The molecule has 0 saturated carbocycles. The van der Waals surface area contributed by atoms with Crippen molar-refractivity contribution >= 4 is 44.8 Å². The zero-order valence-electron chi connectivity index (χ0n) is 17.1. The topological polar surface area (TPSA) is 115 Å². The molecule has 3 aromatic rings. The number of hydrogen-bond acceptors (Lipinski definition) is 8. The number of amides is 1. The minimum atomic E-state index is -0.946. The number of fused-ring (bicyclic) bond motifs is 1. The van der Waals surface area contributed by atoms with E-state index in [1.165, 1.54) is 29.2 Å². The standard InChI is InChI=1S/C21H22N4O5S/c1-14(21(27)24(2)13-19-23-16-8-4-6-10-18(16)31-19)30-20(26)11-12-22-15-7-3-5-9-17(15)25(28)29/h3-10,14,22H,11-13H2,1-2H3. The van der Waals surface area contributed by atoms with Gasteiger partial charge in [-0.05, 0) is 25.1 Å². The molecule has 1 heterocycles. The summed E-state index contributed by atoms with van der Waals surface area (Å²) in [5.74, 6) is -0.903. The first kappa shape index (κ1) is 22.2. The molecule has 0 aliphatic carbocycles.